The number of ether oxygens (including phenoxy) is 2. The van der Waals surface area contributed by atoms with Crippen LogP contribution in [-0.4, -0.2) is 43.3 Å². The second-order valence-electron chi connectivity index (χ2n) is 6.80. The van der Waals surface area contributed by atoms with Gasteiger partial charge in [-0.3, -0.25) is 14.8 Å². The van der Waals surface area contributed by atoms with E-state index in [0.717, 1.165) is 12.7 Å². The molecule has 8 heteroatoms. The molecular formula is C21H17F3N2O3. The molecule has 1 aliphatic heterocycles. The normalized spacial score (nSPS) is 16.4. The first-order valence-corrected chi connectivity index (χ1v) is 8.93. The molecule has 2 aromatic carbocycles. The predicted octanol–water partition coefficient (Wildman–Crippen LogP) is 4.10. The Morgan fingerprint density at radius 3 is 2.52 bits per heavy atom. The van der Waals surface area contributed by atoms with E-state index in [1.807, 2.05) is 6.92 Å². The van der Waals surface area contributed by atoms with Crippen LogP contribution in [-0.2, 0) is 19.7 Å². The lowest BCUT2D eigenvalue weighted by atomic mass is 9.79. The lowest BCUT2D eigenvalue weighted by Gasteiger charge is -2.32. The molecule has 1 unspecified atom stereocenters. The third-order valence-electron chi connectivity index (χ3n) is 5.03. The second-order valence-corrected chi connectivity index (χ2v) is 6.80. The summed E-state index contributed by atoms with van der Waals surface area (Å²) in [6.07, 6.45) is -5.09. The summed E-state index contributed by atoms with van der Waals surface area (Å²) in [4.78, 5) is 20.9. The van der Waals surface area contributed by atoms with Gasteiger partial charge in [-0.2, -0.15) is 13.2 Å². The number of benzene rings is 2. The molecule has 1 aromatic heterocycles. The highest BCUT2D eigenvalue weighted by molar-refractivity contribution is 6.15. The highest BCUT2D eigenvalue weighted by Crippen LogP contribution is 2.47. The van der Waals surface area contributed by atoms with Gasteiger partial charge in [0, 0.05) is 10.8 Å². The van der Waals surface area contributed by atoms with Crippen molar-refractivity contribution in [2.75, 3.05) is 20.3 Å². The molecule has 0 radical (unpaired) electrons. The minimum atomic E-state index is -5.09. The summed E-state index contributed by atoms with van der Waals surface area (Å²) in [5, 5.41) is 1.43. The zero-order chi connectivity index (χ0) is 20.8. The van der Waals surface area contributed by atoms with Crippen LogP contribution in [0.2, 0.25) is 0 Å². The van der Waals surface area contributed by atoms with Gasteiger partial charge < -0.3 is 9.47 Å². The molecule has 0 saturated carbocycles. The van der Waals surface area contributed by atoms with Gasteiger partial charge in [-0.25, -0.2) is 0 Å². The summed E-state index contributed by atoms with van der Waals surface area (Å²) in [5.74, 6) is -2.27. The van der Waals surface area contributed by atoms with E-state index in [2.05, 4.69) is 14.7 Å². The Balaban J connectivity index is 2.22. The highest BCUT2D eigenvalue weighted by atomic mass is 19.4. The zero-order valence-corrected chi connectivity index (χ0v) is 15.7. The predicted molar refractivity (Wildman–Crippen MR) is 102 cm³/mol. The number of aromatic nitrogens is 1. The number of methoxy groups -OCH3 is 1. The maximum Gasteiger partial charge on any atom is 0.419 e. The van der Waals surface area contributed by atoms with E-state index < -0.39 is 29.2 Å². The number of nitrogens with zero attached hydrogens (tertiary/aromatic N) is 2. The standard InChI is InChI=1S/C21H17F3N2O3/c1-12-7-8-14-15(11-12)13-5-3-4-6-16(13)26-17(14)20(19(27)28-2,21(22,23)24)18-25-9-10-29-18/h3-8,11H,9-10H2,1-2H3. The zero-order valence-electron chi connectivity index (χ0n) is 15.7. The van der Waals surface area contributed by atoms with Crippen LogP contribution in [0.4, 0.5) is 13.2 Å². The minimum Gasteiger partial charge on any atom is -0.478 e. The number of fused-ring (bicyclic) bond motifs is 3. The quantitative estimate of drug-likeness (QED) is 0.489. The Bertz CT molecular complexity index is 1160. The summed E-state index contributed by atoms with van der Waals surface area (Å²) >= 11 is 0. The average molecular weight is 402 g/mol. The number of esters is 1. The SMILES string of the molecule is COC(=O)C(C1=NCCO1)(c1nc2ccccc2c2cc(C)ccc12)C(F)(F)F. The highest BCUT2D eigenvalue weighted by Gasteiger charge is 2.69. The van der Waals surface area contributed by atoms with Crippen molar-refractivity contribution in [2.24, 2.45) is 4.99 Å². The molecule has 0 spiro atoms. The topological polar surface area (TPSA) is 60.8 Å². The van der Waals surface area contributed by atoms with Crippen molar-refractivity contribution in [1.29, 1.82) is 0 Å². The Hall–Kier alpha value is -3.16. The average Bonchev–Trinajstić information content (AvgIpc) is 3.22. The van der Waals surface area contributed by atoms with Gasteiger partial charge in [0.15, 0.2) is 0 Å². The van der Waals surface area contributed by atoms with Crippen LogP contribution in [0.25, 0.3) is 21.7 Å². The van der Waals surface area contributed by atoms with Crippen LogP contribution >= 0.6 is 0 Å². The van der Waals surface area contributed by atoms with E-state index in [9.17, 15) is 18.0 Å². The first kappa shape index (κ1) is 19.2. The first-order chi connectivity index (χ1) is 13.8. The number of para-hydroxylation sites is 1. The van der Waals surface area contributed by atoms with Gasteiger partial charge in [0.2, 0.25) is 5.90 Å². The van der Waals surface area contributed by atoms with Crippen LogP contribution in [0.5, 0.6) is 0 Å². The molecule has 0 amide bonds. The monoisotopic (exact) mass is 402 g/mol. The van der Waals surface area contributed by atoms with E-state index in [4.69, 9.17) is 4.74 Å². The Kier molecular flexibility index (Phi) is 4.44. The molecule has 4 rings (SSSR count). The molecule has 0 N–H and O–H groups in total. The Morgan fingerprint density at radius 2 is 1.86 bits per heavy atom. The van der Waals surface area contributed by atoms with Gasteiger partial charge in [0.25, 0.3) is 5.41 Å². The maximum atomic E-state index is 14.7. The molecule has 0 fully saturated rings. The van der Waals surface area contributed by atoms with Crippen LogP contribution in [0.3, 0.4) is 0 Å². The number of alkyl halides is 3. The van der Waals surface area contributed by atoms with Gasteiger partial charge >= 0.3 is 12.1 Å². The van der Waals surface area contributed by atoms with Crippen molar-refractivity contribution in [3.05, 3.63) is 53.7 Å². The lowest BCUT2D eigenvalue weighted by molar-refractivity contribution is -0.195. The minimum absolute atomic E-state index is 0.0226. The third kappa shape index (κ3) is 2.73. The fourth-order valence-corrected chi connectivity index (χ4v) is 3.72. The fraction of sp³-hybridized carbons (Fsp3) is 0.286. The van der Waals surface area contributed by atoms with Crippen molar-refractivity contribution in [3.8, 4) is 0 Å². The third-order valence-corrected chi connectivity index (χ3v) is 5.03. The summed E-state index contributed by atoms with van der Waals surface area (Å²) in [5.41, 5.74) is -2.55. The molecule has 0 bridgehead atoms. The number of hydrogen-bond acceptors (Lipinski definition) is 5. The van der Waals surface area contributed by atoms with Gasteiger partial charge in [-0.15, -0.1) is 0 Å². The molecule has 1 aliphatic rings. The first-order valence-electron chi connectivity index (χ1n) is 8.93. The van der Waals surface area contributed by atoms with E-state index in [1.54, 1.807) is 42.5 Å². The molecule has 3 aromatic rings. The van der Waals surface area contributed by atoms with Gasteiger partial charge in [0.1, 0.15) is 6.61 Å². The number of carbonyl (C=O) groups excluding carboxylic acids is 1. The summed E-state index contributed by atoms with van der Waals surface area (Å²) < 4.78 is 53.8. The molecule has 29 heavy (non-hydrogen) atoms. The van der Waals surface area contributed by atoms with Crippen LogP contribution in [0, 0.1) is 6.92 Å². The molecular weight excluding hydrogens is 385 g/mol. The van der Waals surface area contributed by atoms with Gasteiger partial charge in [-0.1, -0.05) is 42.0 Å². The fourth-order valence-electron chi connectivity index (χ4n) is 3.72. The summed E-state index contributed by atoms with van der Waals surface area (Å²) in [7, 11) is 0.908. The summed E-state index contributed by atoms with van der Waals surface area (Å²) in [6, 6.07) is 11.8. The molecule has 5 nitrogen and oxygen atoms in total. The molecule has 2 heterocycles. The number of carbonyl (C=O) groups is 1. The smallest absolute Gasteiger partial charge is 0.419 e. The van der Waals surface area contributed by atoms with E-state index in [-0.39, 0.29) is 18.5 Å². The lowest BCUT2D eigenvalue weighted by Crippen LogP contribution is -2.56. The molecule has 150 valence electrons. The number of hydrogen-bond donors (Lipinski definition) is 0. The number of rotatable bonds is 3. The Morgan fingerprint density at radius 1 is 1.10 bits per heavy atom. The van der Waals surface area contributed by atoms with Gasteiger partial charge in [0.05, 0.1) is 24.9 Å². The van der Waals surface area contributed by atoms with Gasteiger partial charge in [-0.05, 0) is 18.4 Å². The van der Waals surface area contributed by atoms with Crippen LogP contribution < -0.4 is 0 Å². The van der Waals surface area contributed by atoms with Crippen molar-refractivity contribution in [2.45, 2.75) is 18.5 Å². The van der Waals surface area contributed by atoms with Crippen molar-refractivity contribution >= 4 is 33.5 Å². The Labute approximate surface area is 164 Å². The van der Waals surface area contributed by atoms with E-state index in [0.29, 0.717) is 16.3 Å². The summed E-state index contributed by atoms with van der Waals surface area (Å²) in [6.45, 7) is 1.82. The molecule has 0 aliphatic carbocycles. The van der Waals surface area contributed by atoms with E-state index in [1.165, 1.54) is 0 Å². The van der Waals surface area contributed by atoms with Crippen LogP contribution in [0.15, 0.2) is 47.5 Å². The maximum absolute atomic E-state index is 14.7. The largest absolute Gasteiger partial charge is 0.478 e. The number of aryl methyl sites for hydroxylation is 1. The second kappa shape index (κ2) is 6.72. The van der Waals surface area contributed by atoms with Crippen molar-refractivity contribution in [3.63, 3.8) is 0 Å². The number of pyridine rings is 1. The van der Waals surface area contributed by atoms with Crippen LogP contribution in [0.1, 0.15) is 11.3 Å². The van der Waals surface area contributed by atoms with Crippen molar-refractivity contribution in [1.82, 2.24) is 4.98 Å². The number of halogens is 3. The number of aliphatic imine (C=N–C) groups is 1. The molecule has 1 atom stereocenters. The van der Waals surface area contributed by atoms with Crippen molar-refractivity contribution < 1.29 is 27.4 Å². The molecule has 0 saturated heterocycles. The van der Waals surface area contributed by atoms with E-state index >= 15 is 0 Å².